The fourth-order valence-electron chi connectivity index (χ4n) is 0. The average Bonchev–Trinajstić information content (AvgIpc) is 0. The monoisotopic (exact) mass is 86.0 g/mol. The molecule has 18 valence electrons. The first-order chi connectivity index (χ1) is 0. The number of halogens is 2. The number of rotatable bonds is 0. The third kappa shape index (κ3) is 9.31. The molecule has 0 aliphatic rings. The molecule has 0 atom stereocenters. The van der Waals surface area contributed by atoms with Crippen molar-refractivity contribution in [2.45, 2.75) is 0 Å². The van der Waals surface area contributed by atoms with Gasteiger partial charge in [-0.05, 0) is 0 Å². The summed E-state index contributed by atoms with van der Waals surface area (Å²) in [6.45, 7) is 0. The molecule has 0 aliphatic carbocycles. The van der Waals surface area contributed by atoms with Gasteiger partial charge in [-0.2, -0.15) is 0 Å². The minimum atomic E-state index is 0. The first kappa shape index (κ1) is 43.1. The van der Waals surface area contributed by atoms with Gasteiger partial charge in [0.25, 0.3) is 0 Å². The van der Waals surface area contributed by atoms with Gasteiger partial charge in [0.1, 0.15) is 0 Å². The van der Waals surface area contributed by atoms with Crippen molar-refractivity contribution in [2.24, 2.45) is 0 Å². The predicted molar refractivity (Wildman–Crippen MR) is 12.9 cm³/mol. The van der Waals surface area contributed by atoms with Gasteiger partial charge in [-0.25, -0.2) is 0 Å². The molecule has 0 aliphatic heterocycles. The zero-order chi connectivity index (χ0) is 0. The van der Waals surface area contributed by atoms with Crippen molar-refractivity contribution in [1.29, 1.82) is 0 Å². The molecule has 0 bridgehead atoms. The van der Waals surface area contributed by atoms with Crippen LogP contribution < -0.4 is 9.41 Å². The van der Waals surface area contributed by atoms with E-state index in [1.807, 2.05) is 0 Å². The van der Waals surface area contributed by atoms with Gasteiger partial charge < -0.3 is 9.41 Å². The second-order valence-electron chi connectivity index (χ2n) is 0. The van der Waals surface area contributed by atoms with E-state index in [9.17, 15) is 0 Å². The van der Waals surface area contributed by atoms with E-state index in [-0.39, 0.29) is 66.0 Å². The SMILES string of the molecule is [Ca+2].[F-].[F-].[LiH]. The second-order valence-corrected chi connectivity index (χ2v) is 0. The van der Waals surface area contributed by atoms with Crippen molar-refractivity contribution in [1.82, 2.24) is 0 Å². The van der Waals surface area contributed by atoms with E-state index in [4.69, 9.17) is 0 Å². The van der Waals surface area contributed by atoms with E-state index >= 15 is 0 Å². The molecular formula is HCaF2Li. The minimum absolute atomic E-state index is 0. The van der Waals surface area contributed by atoms with Crippen LogP contribution in [0.25, 0.3) is 0 Å². The molecule has 0 aromatic rings. The zero-order valence-corrected chi connectivity index (χ0v) is 3.67. The summed E-state index contributed by atoms with van der Waals surface area (Å²) in [5.41, 5.74) is 0. The van der Waals surface area contributed by atoms with Crippen LogP contribution in [-0.2, 0) is 0 Å². The Labute approximate surface area is 65.2 Å². The molecular weight excluding hydrogens is 85.0 g/mol. The van der Waals surface area contributed by atoms with Gasteiger partial charge in [0.2, 0.25) is 0 Å². The third-order valence-corrected chi connectivity index (χ3v) is 0. The van der Waals surface area contributed by atoms with Crippen LogP contribution in [0, 0.1) is 0 Å². The van der Waals surface area contributed by atoms with Crippen LogP contribution in [0.1, 0.15) is 0 Å². The summed E-state index contributed by atoms with van der Waals surface area (Å²) >= 11 is 0. The van der Waals surface area contributed by atoms with Crippen LogP contribution in [0.2, 0.25) is 0 Å². The Balaban J connectivity index is 0. The van der Waals surface area contributed by atoms with Gasteiger partial charge in [-0.1, -0.05) is 0 Å². The first-order valence-corrected chi connectivity index (χ1v) is 0. The standard InChI is InChI=1S/Ca.2FH.Li.H/h;2*1H;;/q+2;;;;/p-2. The topological polar surface area (TPSA) is 0 Å². The molecule has 0 spiro atoms. The van der Waals surface area contributed by atoms with E-state index in [2.05, 4.69) is 0 Å². The second kappa shape index (κ2) is 22.1. The predicted octanol–water partition coefficient (Wildman–Crippen LogP) is -7.02. The Morgan fingerprint density at radius 2 is 0.750 bits per heavy atom. The van der Waals surface area contributed by atoms with Crippen molar-refractivity contribution < 1.29 is 9.41 Å². The van der Waals surface area contributed by atoms with Crippen molar-refractivity contribution >= 4 is 56.6 Å². The van der Waals surface area contributed by atoms with E-state index in [1.165, 1.54) is 0 Å². The van der Waals surface area contributed by atoms with Gasteiger partial charge in [-0.3, -0.25) is 0 Å². The quantitative estimate of drug-likeness (QED) is 0.257. The molecule has 0 unspecified atom stereocenters. The molecule has 0 radical (unpaired) electrons. The zero-order valence-electron chi connectivity index (χ0n) is 1.46. The molecule has 4 heavy (non-hydrogen) atoms. The Morgan fingerprint density at radius 3 is 0.750 bits per heavy atom. The van der Waals surface area contributed by atoms with Crippen LogP contribution >= 0.6 is 0 Å². The summed E-state index contributed by atoms with van der Waals surface area (Å²) < 4.78 is 0. The van der Waals surface area contributed by atoms with E-state index in [0.29, 0.717) is 0 Å². The van der Waals surface area contributed by atoms with Crippen LogP contribution in [0.4, 0.5) is 0 Å². The Hall–Kier alpha value is 1.72. The Bertz CT molecular complexity index is 6.00. The Kier molecular flexibility index (Phi) is 238. The van der Waals surface area contributed by atoms with Gasteiger partial charge in [-0.15, -0.1) is 0 Å². The maximum absolute atomic E-state index is 0. The molecule has 0 N–H and O–H groups in total. The molecule has 0 aromatic heterocycles. The van der Waals surface area contributed by atoms with Gasteiger partial charge in [0, 0.05) is 0 Å². The van der Waals surface area contributed by atoms with E-state index < -0.39 is 0 Å². The fourth-order valence-corrected chi connectivity index (χ4v) is 0. The van der Waals surface area contributed by atoms with Gasteiger partial charge >= 0.3 is 56.6 Å². The molecule has 0 nitrogen and oxygen atoms in total. The van der Waals surface area contributed by atoms with E-state index in [0.717, 1.165) is 0 Å². The van der Waals surface area contributed by atoms with Crippen LogP contribution in [0.5, 0.6) is 0 Å². The number of hydrogen-bond acceptors (Lipinski definition) is 0. The summed E-state index contributed by atoms with van der Waals surface area (Å²) in [4.78, 5) is 0. The molecule has 4 heteroatoms. The van der Waals surface area contributed by atoms with Crippen LogP contribution in [0.3, 0.4) is 0 Å². The molecule has 0 saturated carbocycles. The fraction of sp³-hybridized carbons (Fsp3) is 0. The van der Waals surface area contributed by atoms with Crippen molar-refractivity contribution in [3.8, 4) is 0 Å². The summed E-state index contributed by atoms with van der Waals surface area (Å²) in [6, 6.07) is 0. The molecule has 0 saturated heterocycles. The maximum atomic E-state index is 0. The molecule has 0 amide bonds. The molecule has 0 heterocycles. The summed E-state index contributed by atoms with van der Waals surface area (Å²) in [7, 11) is 0. The van der Waals surface area contributed by atoms with Crippen LogP contribution in [-0.4, -0.2) is 56.6 Å². The summed E-state index contributed by atoms with van der Waals surface area (Å²) in [5, 5.41) is 0. The van der Waals surface area contributed by atoms with Crippen molar-refractivity contribution in [2.75, 3.05) is 0 Å². The summed E-state index contributed by atoms with van der Waals surface area (Å²) in [6.07, 6.45) is 0. The third-order valence-electron chi connectivity index (χ3n) is 0. The first-order valence-electron chi connectivity index (χ1n) is 0. The van der Waals surface area contributed by atoms with Crippen molar-refractivity contribution in [3.05, 3.63) is 0 Å². The summed E-state index contributed by atoms with van der Waals surface area (Å²) in [5.74, 6) is 0. The number of hydrogen-bond donors (Lipinski definition) is 0. The molecule has 0 rings (SSSR count). The van der Waals surface area contributed by atoms with E-state index in [1.54, 1.807) is 0 Å². The molecule has 0 fully saturated rings. The van der Waals surface area contributed by atoms with Gasteiger partial charge in [0.15, 0.2) is 0 Å². The molecule has 0 aromatic carbocycles. The van der Waals surface area contributed by atoms with Crippen molar-refractivity contribution in [3.63, 3.8) is 0 Å². The Morgan fingerprint density at radius 1 is 0.750 bits per heavy atom. The average molecular weight is 86.0 g/mol. The van der Waals surface area contributed by atoms with Crippen LogP contribution in [0.15, 0.2) is 0 Å². The van der Waals surface area contributed by atoms with Gasteiger partial charge in [0.05, 0.1) is 0 Å². The normalized spacial score (nSPS) is 0.